The Morgan fingerprint density at radius 1 is 1.42 bits per heavy atom. The van der Waals surface area contributed by atoms with Crippen molar-refractivity contribution in [2.75, 3.05) is 7.11 Å². The highest BCUT2D eigenvalue weighted by atomic mass is 35.5. The first-order chi connectivity index (χ1) is 9.15. The lowest BCUT2D eigenvalue weighted by molar-refractivity contribution is 0.403. The van der Waals surface area contributed by atoms with E-state index in [1.165, 1.54) is 0 Å². The van der Waals surface area contributed by atoms with Gasteiger partial charge in [0.25, 0.3) is 0 Å². The minimum absolute atomic E-state index is 0.00449. The molecule has 0 saturated carbocycles. The molecule has 0 aliphatic carbocycles. The van der Waals surface area contributed by atoms with E-state index in [-0.39, 0.29) is 6.04 Å². The highest BCUT2D eigenvalue weighted by Crippen LogP contribution is 2.33. The smallest absolute Gasteiger partial charge is 0.134 e. The summed E-state index contributed by atoms with van der Waals surface area (Å²) in [4.78, 5) is 1.08. The fourth-order valence-electron chi connectivity index (χ4n) is 2.00. The molecule has 1 aromatic carbocycles. The molecule has 1 heterocycles. The van der Waals surface area contributed by atoms with E-state index in [1.807, 2.05) is 30.5 Å². The van der Waals surface area contributed by atoms with Gasteiger partial charge in [-0.25, -0.2) is 0 Å². The minimum atomic E-state index is -0.00449. The number of thiophene rings is 1. The summed E-state index contributed by atoms with van der Waals surface area (Å²) in [6, 6.07) is 8.01. The molecule has 1 atom stereocenters. The SMILES string of the molecule is COc1ccsc1C(Cc1ccc(C)cc1Cl)NN. The van der Waals surface area contributed by atoms with Gasteiger partial charge >= 0.3 is 0 Å². The van der Waals surface area contributed by atoms with Crippen molar-refractivity contribution in [2.24, 2.45) is 5.84 Å². The third-order valence-corrected chi connectivity index (χ3v) is 4.39. The van der Waals surface area contributed by atoms with Gasteiger partial charge in [-0.2, -0.15) is 0 Å². The summed E-state index contributed by atoms with van der Waals surface area (Å²) in [6.45, 7) is 2.02. The van der Waals surface area contributed by atoms with E-state index in [4.69, 9.17) is 22.2 Å². The van der Waals surface area contributed by atoms with Gasteiger partial charge in [0, 0.05) is 5.02 Å². The first-order valence-corrected chi connectivity index (χ1v) is 7.24. The monoisotopic (exact) mass is 296 g/mol. The molecule has 0 aliphatic heterocycles. The Hall–Kier alpha value is -1.07. The number of hydrogen-bond donors (Lipinski definition) is 2. The van der Waals surface area contributed by atoms with E-state index >= 15 is 0 Å². The highest BCUT2D eigenvalue weighted by molar-refractivity contribution is 7.10. The first-order valence-electron chi connectivity index (χ1n) is 5.98. The summed E-state index contributed by atoms with van der Waals surface area (Å²) in [7, 11) is 1.66. The predicted octanol–water partition coefficient (Wildman–Crippen LogP) is 3.47. The summed E-state index contributed by atoms with van der Waals surface area (Å²) >= 11 is 7.89. The second-order valence-electron chi connectivity index (χ2n) is 4.37. The molecule has 102 valence electrons. The molecule has 0 saturated heterocycles. The summed E-state index contributed by atoms with van der Waals surface area (Å²) in [5.41, 5.74) is 5.07. The molecular formula is C14H17ClN2OS. The Balaban J connectivity index is 2.24. The predicted molar refractivity (Wildman–Crippen MR) is 80.8 cm³/mol. The molecule has 3 N–H and O–H groups in total. The largest absolute Gasteiger partial charge is 0.496 e. The molecule has 2 aromatic rings. The van der Waals surface area contributed by atoms with Gasteiger partial charge in [0.2, 0.25) is 0 Å². The van der Waals surface area contributed by atoms with Crippen LogP contribution in [0, 0.1) is 6.92 Å². The van der Waals surface area contributed by atoms with Crippen molar-refractivity contribution in [3.05, 3.63) is 50.7 Å². The summed E-state index contributed by atoms with van der Waals surface area (Å²) in [5.74, 6) is 6.53. The van der Waals surface area contributed by atoms with E-state index in [9.17, 15) is 0 Å². The van der Waals surface area contributed by atoms with E-state index in [0.29, 0.717) is 0 Å². The standard InChI is InChI=1S/C14H17ClN2OS/c1-9-3-4-10(11(15)7-9)8-12(17-16)14-13(18-2)5-6-19-14/h3-7,12,17H,8,16H2,1-2H3. The van der Waals surface area contributed by atoms with Crippen molar-refractivity contribution in [1.82, 2.24) is 5.43 Å². The Kier molecular flexibility index (Phi) is 4.82. The summed E-state index contributed by atoms with van der Waals surface area (Å²) in [5, 5.41) is 2.77. The Bertz CT molecular complexity index is 556. The van der Waals surface area contributed by atoms with Crippen molar-refractivity contribution in [3.8, 4) is 5.75 Å². The molecule has 2 rings (SSSR count). The van der Waals surface area contributed by atoms with Crippen LogP contribution in [0.2, 0.25) is 5.02 Å². The highest BCUT2D eigenvalue weighted by Gasteiger charge is 2.18. The second kappa shape index (κ2) is 6.39. The number of nitrogens with two attached hydrogens (primary N) is 1. The maximum absolute atomic E-state index is 6.27. The number of aryl methyl sites for hydroxylation is 1. The van der Waals surface area contributed by atoms with Crippen LogP contribution in [0.3, 0.4) is 0 Å². The maximum atomic E-state index is 6.27. The zero-order valence-electron chi connectivity index (χ0n) is 10.9. The average molecular weight is 297 g/mol. The van der Waals surface area contributed by atoms with E-state index < -0.39 is 0 Å². The number of hydrogen-bond acceptors (Lipinski definition) is 4. The van der Waals surface area contributed by atoms with Crippen LogP contribution in [0.15, 0.2) is 29.6 Å². The van der Waals surface area contributed by atoms with Crippen molar-refractivity contribution in [2.45, 2.75) is 19.4 Å². The van der Waals surface area contributed by atoms with Crippen LogP contribution in [-0.2, 0) is 6.42 Å². The molecule has 19 heavy (non-hydrogen) atoms. The van der Waals surface area contributed by atoms with Crippen LogP contribution in [0.5, 0.6) is 5.75 Å². The third-order valence-electron chi connectivity index (χ3n) is 3.03. The number of benzene rings is 1. The lowest BCUT2D eigenvalue weighted by Crippen LogP contribution is -2.29. The topological polar surface area (TPSA) is 47.3 Å². The van der Waals surface area contributed by atoms with Gasteiger partial charge in [-0.1, -0.05) is 23.7 Å². The number of ether oxygens (including phenoxy) is 1. The number of hydrazine groups is 1. The zero-order chi connectivity index (χ0) is 13.8. The van der Waals surface area contributed by atoms with Gasteiger partial charge in [-0.15, -0.1) is 11.3 Å². The fraction of sp³-hybridized carbons (Fsp3) is 0.286. The lowest BCUT2D eigenvalue weighted by Gasteiger charge is -2.17. The normalized spacial score (nSPS) is 12.4. The molecule has 1 unspecified atom stereocenters. The Labute approximate surface area is 122 Å². The average Bonchev–Trinajstić information content (AvgIpc) is 2.86. The van der Waals surface area contributed by atoms with Crippen molar-refractivity contribution >= 4 is 22.9 Å². The molecule has 3 nitrogen and oxygen atoms in total. The van der Waals surface area contributed by atoms with Crippen LogP contribution in [0.4, 0.5) is 0 Å². The van der Waals surface area contributed by atoms with Gasteiger partial charge in [-0.3, -0.25) is 11.3 Å². The molecule has 0 bridgehead atoms. The number of rotatable bonds is 5. The molecule has 5 heteroatoms. The van der Waals surface area contributed by atoms with Crippen molar-refractivity contribution in [1.29, 1.82) is 0 Å². The van der Waals surface area contributed by atoms with Gasteiger partial charge in [-0.05, 0) is 42.0 Å². The van der Waals surface area contributed by atoms with Gasteiger partial charge in [0.05, 0.1) is 18.0 Å². The molecule has 0 fully saturated rings. The fourth-order valence-corrected chi connectivity index (χ4v) is 3.23. The minimum Gasteiger partial charge on any atom is -0.496 e. The van der Waals surface area contributed by atoms with E-state index in [0.717, 1.165) is 33.2 Å². The molecule has 0 radical (unpaired) electrons. The molecule has 0 spiro atoms. The molecule has 0 aliphatic rings. The number of methoxy groups -OCH3 is 1. The second-order valence-corrected chi connectivity index (χ2v) is 5.73. The van der Waals surface area contributed by atoms with Crippen LogP contribution in [0.1, 0.15) is 22.0 Å². The van der Waals surface area contributed by atoms with E-state index in [1.54, 1.807) is 18.4 Å². The number of halogens is 1. The van der Waals surface area contributed by atoms with Crippen LogP contribution >= 0.6 is 22.9 Å². The third kappa shape index (κ3) is 3.28. The number of nitrogens with one attached hydrogen (secondary N) is 1. The molecule has 1 aromatic heterocycles. The Morgan fingerprint density at radius 2 is 2.21 bits per heavy atom. The van der Waals surface area contributed by atoms with Gasteiger partial charge in [0.15, 0.2) is 0 Å². The van der Waals surface area contributed by atoms with Crippen LogP contribution in [-0.4, -0.2) is 7.11 Å². The van der Waals surface area contributed by atoms with E-state index in [2.05, 4.69) is 11.5 Å². The summed E-state index contributed by atoms with van der Waals surface area (Å²) in [6.07, 6.45) is 0.729. The van der Waals surface area contributed by atoms with Crippen LogP contribution in [0.25, 0.3) is 0 Å². The van der Waals surface area contributed by atoms with Gasteiger partial charge < -0.3 is 4.74 Å². The zero-order valence-corrected chi connectivity index (χ0v) is 12.5. The lowest BCUT2D eigenvalue weighted by atomic mass is 10.0. The van der Waals surface area contributed by atoms with Crippen molar-refractivity contribution in [3.63, 3.8) is 0 Å². The van der Waals surface area contributed by atoms with Crippen LogP contribution < -0.4 is 16.0 Å². The molecular weight excluding hydrogens is 280 g/mol. The molecule has 0 amide bonds. The summed E-state index contributed by atoms with van der Waals surface area (Å²) < 4.78 is 5.34. The maximum Gasteiger partial charge on any atom is 0.134 e. The first kappa shape index (κ1) is 14.3. The Morgan fingerprint density at radius 3 is 2.84 bits per heavy atom. The quantitative estimate of drug-likeness (QED) is 0.656. The van der Waals surface area contributed by atoms with Gasteiger partial charge in [0.1, 0.15) is 5.75 Å². The van der Waals surface area contributed by atoms with Crippen molar-refractivity contribution < 1.29 is 4.74 Å².